The highest BCUT2D eigenvalue weighted by Crippen LogP contribution is 2.50. The lowest BCUT2D eigenvalue weighted by atomic mass is 9.69. The number of benzene rings is 3. The first kappa shape index (κ1) is 35.8. The van der Waals surface area contributed by atoms with Gasteiger partial charge in [-0.05, 0) is 76.5 Å². The van der Waals surface area contributed by atoms with Gasteiger partial charge in [0.25, 0.3) is 8.32 Å². The molecule has 2 fully saturated rings. The van der Waals surface area contributed by atoms with Crippen molar-refractivity contribution in [3.63, 3.8) is 0 Å². The maximum Gasteiger partial charge on any atom is 0.423 e. The highest BCUT2D eigenvalue weighted by Gasteiger charge is 2.59. The number of carbonyl (C=O) groups excluding carboxylic acids is 3. The van der Waals surface area contributed by atoms with Crippen LogP contribution in [0.3, 0.4) is 0 Å². The number of allylic oxidation sites excluding steroid dienone is 1. The van der Waals surface area contributed by atoms with Crippen molar-refractivity contribution < 1.29 is 33.4 Å². The Morgan fingerprint density at radius 1 is 1.00 bits per heavy atom. The third-order valence-electron chi connectivity index (χ3n) is 10.4. The second-order valence-corrected chi connectivity index (χ2v) is 19.2. The highest BCUT2D eigenvalue weighted by atomic mass is 35.5. The normalized spacial score (nSPS) is 22.5. The molecule has 1 aliphatic carbocycles. The number of ether oxygens (including phenoxy) is 2. The minimum Gasteiger partial charge on any atom is -0.508 e. The maximum absolute atomic E-state index is 13.7. The minimum atomic E-state index is -2.94. The molecule has 4 atom stereocenters. The number of likely N-dealkylation sites (tertiary alicyclic amines) is 1. The van der Waals surface area contributed by atoms with Crippen LogP contribution in [-0.2, 0) is 23.5 Å². The molecular formula is C40H44ClNO7Si. The van der Waals surface area contributed by atoms with E-state index in [1.807, 2.05) is 49.4 Å². The summed E-state index contributed by atoms with van der Waals surface area (Å²) in [6.45, 7) is 9.23. The number of halogens is 1. The summed E-state index contributed by atoms with van der Waals surface area (Å²) < 4.78 is 18.7. The Hall–Kier alpha value is -4.02. The Morgan fingerprint density at radius 3 is 2.22 bits per heavy atom. The lowest BCUT2D eigenvalue weighted by molar-refractivity contribution is -0.137. The molecule has 50 heavy (non-hydrogen) atoms. The van der Waals surface area contributed by atoms with E-state index in [9.17, 15) is 19.5 Å². The number of phenolic OH excluding ortho intramolecular Hbond substituents is 1. The molecular weight excluding hydrogens is 670 g/mol. The van der Waals surface area contributed by atoms with Crippen LogP contribution in [0.5, 0.6) is 5.75 Å². The van der Waals surface area contributed by atoms with Gasteiger partial charge in [-0.2, -0.15) is 4.90 Å². The molecule has 3 aromatic carbocycles. The van der Waals surface area contributed by atoms with Crippen LogP contribution in [0.15, 0.2) is 95.6 Å². The van der Waals surface area contributed by atoms with Gasteiger partial charge in [0.2, 0.25) is 11.8 Å². The maximum atomic E-state index is 13.7. The van der Waals surface area contributed by atoms with E-state index in [0.29, 0.717) is 29.2 Å². The Labute approximate surface area is 299 Å². The largest absolute Gasteiger partial charge is 0.508 e. The first-order chi connectivity index (χ1) is 23.9. The van der Waals surface area contributed by atoms with E-state index in [0.717, 1.165) is 32.7 Å². The van der Waals surface area contributed by atoms with E-state index in [1.54, 1.807) is 12.1 Å². The van der Waals surface area contributed by atoms with Crippen LogP contribution in [0, 0.1) is 17.8 Å². The molecule has 1 N–H and O–H groups in total. The number of rotatable bonds is 9. The number of phenols is 1. The Bertz CT molecular complexity index is 1800. The van der Waals surface area contributed by atoms with Crippen LogP contribution < -0.4 is 10.4 Å². The summed E-state index contributed by atoms with van der Waals surface area (Å²) in [6, 6.07) is 25.7. The number of methoxy groups -OCH3 is 1. The van der Waals surface area contributed by atoms with Crippen molar-refractivity contribution in [1.82, 2.24) is 4.90 Å². The zero-order valence-corrected chi connectivity index (χ0v) is 30.9. The number of hydrogen-bond acceptors (Lipinski definition) is 7. The van der Waals surface area contributed by atoms with Crippen molar-refractivity contribution in [3.8, 4) is 5.75 Å². The number of amides is 3. The second kappa shape index (κ2) is 14.3. The van der Waals surface area contributed by atoms with Gasteiger partial charge in [-0.3, -0.25) is 9.59 Å². The van der Waals surface area contributed by atoms with Gasteiger partial charge in [0.15, 0.2) is 0 Å². The average Bonchev–Trinajstić information content (AvgIpc) is 3.63. The third kappa shape index (κ3) is 6.48. The summed E-state index contributed by atoms with van der Waals surface area (Å²) in [6.07, 6.45) is 2.38. The van der Waals surface area contributed by atoms with E-state index in [4.69, 9.17) is 25.5 Å². The molecule has 0 radical (unpaired) electrons. The number of carbonyl (C=O) groups is 3. The molecule has 0 bridgehead atoms. The van der Waals surface area contributed by atoms with Crippen LogP contribution in [0.2, 0.25) is 10.1 Å². The Kier molecular flexibility index (Phi) is 10.2. The van der Waals surface area contributed by atoms with Crippen molar-refractivity contribution >= 4 is 54.3 Å². The van der Waals surface area contributed by atoms with Crippen LogP contribution in [0.1, 0.15) is 52.5 Å². The quantitative estimate of drug-likeness (QED) is 0.146. The molecule has 0 saturated carbocycles. The smallest absolute Gasteiger partial charge is 0.423 e. The van der Waals surface area contributed by atoms with Gasteiger partial charge in [0, 0.05) is 5.92 Å². The standard InChI is InChI=1S/C40H44ClNO7Si/c1-25(20-26-17-18-28(43)22-33(26)41)16-19-34-35-27(21-31-36(32(35)24-48-34)38(45)42(37(31)44)39(46)47-5)23-49-50(40(2,3)4,29-12-8-6-9-13-29)30-14-10-7-11-15-30/h6-15,17-18,20,22,31-32,34,36,43H,16,19,21,23-24H2,1-5H3/b25-20+/t31-,32+,34-,36-/m1/s1. The molecule has 0 aromatic heterocycles. The van der Waals surface area contributed by atoms with Crippen LogP contribution in [-0.4, -0.2) is 62.7 Å². The summed E-state index contributed by atoms with van der Waals surface area (Å²) in [5.74, 6) is -2.71. The molecule has 0 unspecified atom stereocenters. The van der Waals surface area contributed by atoms with Gasteiger partial charge in [-0.25, -0.2) is 4.79 Å². The predicted molar refractivity (Wildman–Crippen MR) is 196 cm³/mol. The van der Waals surface area contributed by atoms with Gasteiger partial charge in [-0.1, -0.05) is 105 Å². The lowest BCUT2D eigenvalue weighted by Crippen LogP contribution is -2.66. The van der Waals surface area contributed by atoms with E-state index in [2.05, 4.69) is 45.0 Å². The monoisotopic (exact) mass is 713 g/mol. The van der Waals surface area contributed by atoms with Gasteiger partial charge in [-0.15, -0.1) is 0 Å². The highest BCUT2D eigenvalue weighted by molar-refractivity contribution is 6.99. The molecule has 3 aliphatic rings. The van der Waals surface area contributed by atoms with Gasteiger partial charge in [0.1, 0.15) is 5.75 Å². The number of aromatic hydroxyl groups is 1. The number of hydrogen-bond donors (Lipinski definition) is 1. The first-order valence-corrected chi connectivity index (χ1v) is 19.4. The van der Waals surface area contributed by atoms with Gasteiger partial charge in [0.05, 0.1) is 43.3 Å². The molecule has 0 spiro atoms. The molecule has 6 rings (SSSR count). The molecule has 2 heterocycles. The van der Waals surface area contributed by atoms with Crippen LogP contribution in [0.4, 0.5) is 4.79 Å². The summed E-state index contributed by atoms with van der Waals surface area (Å²) >= 11 is 6.38. The van der Waals surface area contributed by atoms with Crippen LogP contribution >= 0.6 is 11.6 Å². The molecule has 262 valence electrons. The minimum absolute atomic E-state index is 0.108. The van der Waals surface area contributed by atoms with Crippen molar-refractivity contribution in [3.05, 3.63) is 106 Å². The zero-order valence-electron chi connectivity index (χ0n) is 29.1. The summed E-state index contributed by atoms with van der Waals surface area (Å²) in [7, 11) is -1.77. The first-order valence-electron chi connectivity index (χ1n) is 17.1. The van der Waals surface area contributed by atoms with Crippen molar-refractivity contribution in [2.45, 2.75) is 58.1 Å². The fourth-order valence-corrected chi connectivity index (χ4v) is 12.9. The fraction of sp³-hybridized carbons (Fsp3) is 0.375. The zero-order chi connectivity index (χ0) is 35.8. The molecule has 8 nitrogen and oxygen atoms in total. The molecule has 2 saturated heterocycles. The molecule has 10 heteroatoms. The predicted octanol–water partition coefficient (Wildman–Crippen LogP) is 6.89. The summed E-state index contributed by atoms with van der Waals surface area (Å²) in [5, 5.41) is 12.3. The Balaban J connectivity index is 1.38. The fourth-order valence-electron chi connectivity index (χ4n) is 8.16. The van der Waals surface area contributed by atoms with Crippen molar-refractivity contribution in [1.29, 1.82) is 0 Å². The van der Waals surface area contributed by atoms with E-state index in [-0.39, 0.29) is 36.0 Å². The summed E-state index contributed by atoms with van der Waals surface area (Å²) in [5.41, 5.74) is 3.85. The van der Waals surface area contributed by atoms with Gasteiger partial charge < -0.3 is 19.0 Å². The number of imide groups is 3. The van der Waals surface area contributed by atoms with E-state index >= 15 is 0 Å². The molecule has 3 aromatic rings. The van der Waals surface area contributed by atoms with E-state index in [1.165, 1.54) is 13.2 Å². The Morgan fingerprint density at radius 2 is 1.64 bits per heavy atom. The average molecular weight is 714 g/mol. The van der Waals surface area contributed by atoms with E-state index < -0.39 is 38.1 Å². The second-order valence-electron chi connectivity index (χ2n) is 14.5. The molecule has 3 amide bonds. The third-order valence-corrected chi connectivity index (χ3v) is 15.7. The topological polar surface area (TPSA) is 102 Å². The van der Waals surface area contributed by atoms with Gasteiger partial charge >= 0.3 is 6.09 Å². The SMILES string of the molecule is COC(=O)N1C(=O)[C@@H]2[C@@H](CC(CO[Si](c3ccccc3)(c3ccccc3)C(C)(C)C)=C3[C@@H](CC/C(C)=C/c4ccc(O)cc4Cl)OC[C@@H]32)C1=O. The summed E-state index contributed by atoms with van der Waals surface area (Å²) in [4.78, 5) is 40.7. The van der Waals surface area contributed by atoms with Crippen molar-refractivity contribution in [2.75, 3.05) is 20.3 Å². The number of nitrogens with zero attached hydrogens (tertiary/aromatic N) is 1. The number of fused-ring (bicyclic) bond motifs is 3. The lowest BCUT2D eigenvalue weighted by Gasteiger charge is -2.44. The van der Waals surface area contributed by atoms with Crippen molar-refractivity contribution in [2.24, 2.45) is 17.8 Å². The van der Waals surface area contributed by atoms with Crippen LogP contribution in [0.25, 0.3) is 6.08 Å². The molecule has 2 aliphatic heterocycles.